The van der Waals surface area contributed by atoms with Crippen LogP contribution in [-0.4, -0.2) is 21.9 Å². The smallest absolute Gasteiger partial charge is 0.271 e. The normalized spacial score (nSPS) is 11.5. The molecule has 0 aliphatic heterocycles. The standard InChI is InChI=1S/C9H9BrN4O/c1-6(2-3-11)14-9(15)8-7(10)4-12-5-13-8/h4-6H,2H2,1H3,(H,14,15). The highest BCUT2D eigenvalue weighted by Gasteiger charge is 2.13. The molecule has 0 fully saturated rings. The third-order valence-corrected chi connectivity index (χ3v) is 2.24. The molecule has 0 aromatic carbocycles. The highest BCUT2D eigenvalue weighted by molar-refractivity contribution is 9.10. The molecule has 1 rings (SSSR count). The molecule has 0 saturated heterocycles. The van der Waals surface area contributed by atoms with Crippen molar-refractivity contribution in [2.75, 3.05) is 0 Å². The quantitative estimate of drug-likeness (QED) is 0.896. The first-order valence-electron chi connectivity index (χ1n) is 4.28. The number of nitrogens with one attached hydrogen (secondary N) is 1. The lowest BCUT2D eigenvalue weighted by Gasteiger charge is -2.09. The maximum Gasteiger partial charge on any atom is 0.271 e. The van der Waals surface area contributed by atoms with Crippen molar-refractivity contribution in [3.05, 3.63) is 22.7 Å². The largest absolute Gasteiger partial charge is 0.347 e. The summed E-state index contributed by atoms with van der Waals surface area (Å²) in [5.41, 5.74) is 0.273. The Kier molecular flexibility index (Phi) is 4.18. The van der Waals surface area contributed by atoms with E-state index in [0.29, 0.717) is 4.47 Å². The number of carbonyl (C=O) groups excluding carboxylic acids is 1. The lowest BCUT2D eigenvalue weighted by molar-refractivity contribution is 0.0934. The van der Waals surface area contributed by atoms with Gasteiger partial charge in [0.05, 0.1) is 17.0 Å². The minimum Gasteiger partial charge on any atom is -0.347 e. The Morgan fingerprint density at radius 1 is 1.80 bits per heavy atom. The van der Waals surface area contributed by atoms with Crippen LogP contribution >= 0.6 is 15.9 Å². The Balaban J connectivity index is 2.70. The molecule has 1 aromatic heterocycles. The van der Waals surface area contributed by atoms with Crippen LogP contribution < -0.4 is 5.32 Å². The number of amides is 1. The maximum absolute atomic E-state index is 11.6. The molecule has 15 heavy (non-hydrogen) atoms. The molecular weight excluding hydrogens is 260 g/mol. The molecule has 78 valence electrons. The number of hydrogen-bond donors (Lipinski definition) is 1. The highest BCUT2D eigenvalue weighted by atomic mass is 79.9. The number of aromatic nitrogens is 2. The first kappa shape index (κ1) is 11.6. The molecule has 0 saturated carbocycles. The number of carbonyl (C=O) groups is 1. The minimum absolute atomic E-state index is 0.190. The highest BCUT2D eigenvalue weighted by Crippen LogP contribution is 2.11. The van der Waals surface area contributed by atoms with Gasteiger partial charge in [-0.1, -0.05) is 0 Å². The number of rotatable bonds is 3. The van der Waals surface area contributed by atoms with E-state index in [9.17, 15) is 4.79 Å². The van der Waals surface area contributed by atoms with Gasteiger partial charge < -0.3 is 5.32 Å². The zero-order chi connectivity index (χ0) is 11.3. The van der Waals surface area contributed by atoms with Crippen molar-refractivity contribution in [3.63, 3.8) is 0 Å². The van der Waals surface area contributed by atoms with Crippen molar-refractivity contribution in [1.29, 1.82) is 5.26 Å². The Bertz CT molecular complexity index is 401. The first-order valence-corrected chi connectivity index (χ1v) is 5.07. The Hall–Kier alpha value is -1.48. The lowest BCUT2D eigenvalue weighted by Crippen LogP contribution is -2.33. The predicted molar refractivity (Wildman–Crippen MR) is 56.9 cm³/mol. The van der Waals surface area contributed by atoms with Crippen LogP contribution in [0.5, 0.6) is 0 Å². The van der Waals surface area contributed by atoms with E-state index in [-0.39, 0.29) is 24.1 Å². The van der Waals surface area contributed by atoms with Gasteiger partial charge in [0.15, 0.2) is 0 Å². The molecule has 1 unspecified atom stereocenters. The van der Waals surface area contributed by atoms with E-state index in [1.54, 1.807) is 6.92 Å². The topological polar surface area (TPSA) is 78.7 Å². The van der Waals surface area contributed by atoms with Crippen LogP contribution in [0.25, 0.3) is 0 Å². The van der Waals surface area contributed by atoms with Crippen LogP contribution in [0, 0.1) is 11.3 Å². The molecular formula is C9H9BrN4O. The van der Waals surface area contributed by atoms with Crippen LogP contribution in [-0.2, 0) is 0 Å². The van der Waals surface area contributed by atoms with Crippen molar-refractivity contribution < 1.29 is 4.79 Å². The van der Waals surface area contributed by atoms with Gasteiger partial charge in [-0.3, -0.25) is 4.79 Å². The zero-order valence-corrected chi connectivity index (χ0v) is 9.65. The molecule has 5 nitrogen and oxygen atoms in total. The second-order valence-electron chi connectivity index (χ2n) is 2.96. The van der Waals surface area contributed by atoms with Crippen molar-refractivity contribution in [2.45, 2.75) is 19.4 Å². The summed E-state index contributed by atoms with van der Waals surface area (Å²) in [5.74, 6) is -0.313. The average Bonchev–Trinajstić information content (AvgIpc) is 2.18. The molecule has 1 amide bonds. The molecule has 1 aromatic rings. The summed E-state index contributed by atoms with van der Waals surface area (Å²) in [6.07, 6.45) is 3.07. The van der Waals surface area contributed by atoms with Gasteiger partial charge in [-0.15, -0.1) is 0 Å². The van der Waals surface area contributed by atoms with Gasteiger partial charge in [0, 0.05) is 12.2 Å². The third-order valence-electron chi connectivity index (χ3n) is 1.66. The van der Waals surface area contributed by atoms with Gasteiger partial charge in [0.25, 0.3) is 5.91 Å². The van der Waals surface area contributed by atoms with Gasteiger partial charge in [0.2, 0.25) is 0 Å². The SMILES string of the molecule is CC(CC#N)NC(=O)c1ncncc1Br. The van der Waals surface area contributed by atoms with E-state index in [1.165, 1.54) is 12.5 Å². The van der Waals surface area contributed by atoms with Crippen molar-refractivity contribution >= 4 is 21.8 Å². The number of nitrogens with zero attached hydrogens (tertiary/aromatic N) is 3. The molecule has 0 aliphatic rings. The van der Waals surface area contributed by atoms with E-state index in [1.807, 2.05) is 6.07 Å². The maximum atomic E-state index is 11.6. The van der Waals surface area contributed by atoms with Crippen LogP contribution in [0.3, 0.4) is 0 Å². The zero-order valence-electron chi connectivity index (χ0n) is 8.07. The van der Waals surface area contributed by atoms with Crippen molar-refractivity contribution in [1.82, 2.24) is 15.3 Å². The van der Waals surface area contributed by atoms with Crippen LogP contribution in [0.4, 0.5) is 0 Å². The van der Waals surface area contributed by atoms with Gasteiger partial charge in [-0.05, 0) is 22.9 Å². The Morgan fingerprint density at radius 3 is 3.13 bits per heavy atom. The number of hydrogen-bond acceptors (Lipinski definition) is 4. The first-order chi connectivity index (χ1) is 7.15. The molecule has 0 aliphatic carbocycles. The second kappa shape index (κ2) is 5.41. The van der Waals surface area contributed by atoms with Crippen LogP contribution in [0.15, 0.2) is 17.0 Å². The summed E-state index contributed by atoms with van der Waals surface area (Å²) in [4.78, 5) is 19.2. The molecule has 1 N–H and O–H groups in total. The summed E-state index contributed by atoms with van der Waals surface area (Å²) in [6, 6.07) is 1.79. The Labute approximate surface area is 95.7 Å². The molecule has 0 spiro atoms. The number of halogens is 1. The van der Waals surface area contributed by atoms with Crippen molar-refractivity contribution in [2.24, 2.45) is 0 Å². The lowest BCUT2D eigenvalue weighted by atomic mass is 10.2. The van der Waals surface area contributed by atoms with E-state index in [2.05, 4.69) is 31.2 Å². The second-order valence-corrected chi connectivity index (χ2v) is 3.81. The fraction of sp³-hybridized carbons (Fsp3) is 0.333. The minimum atomic E-state index is -0.313. The summed E-state index contributed by atoms with van der Waals surface area (Å²) >= 11 is 3.17. The molecule has 1 heterocycles. The van der Waals surface area contributed by atoms with Crippen molar-refractivity contribution in [3.8, 4) is 6.07 Å². The van der Waals surface area contributed by atoms with E-state index in [4.69, 9.17) is 5.26 Å². The summed E-state index contributed by atoms with van der Waals surface area (Å²) in [6.45, 7) is 1.76. The van der Waals surface area contributed by atoms with Gasteiger partial charge >= 0.3 is 0 Å². The van der Waals surface area contributed by atoms with E-state index >= 15 is 0 Å². The van der Waals surface area contributed by atoms with Gasteiger partial charge in [-0.25, -0.2) is 9.97 Å². The summed E-state index contributed by atoms with van der Waals surface area (Å²) in [7, 11) is 0. The third kappa shape index (κ3) is 3.29. The average molecular weight is 269 g/mol. The van der Waals surface area contributed by atoms with Crippen LogP contribution in [0.1, 0.15) is 23.8 Å². The predicted octanol–water partition coefficient (Wildman–Crippen LogP) is 1.27. The molecule has 1 atom stereocenters. The summed E-state index contributed by atoms with van der Waals surface area (Å²) < 4.78 is 0.534. The van der Waals surface area contributed by atoms with E-state index < -0.39 is 0 Å². The van der Waals surface area contributed by atoms with Gasteiger partial charge in [-0.2, -0.15) is 5.26 Å². The molecule has 0 bridgehead atoms. The molecule has 6 heteroatoms. The van der Waals surface area contributed by atoms with Gasteiger partial charge in [0.1, 0.15) is 12.0 Å². The molecule has 0 radical (unpaired) electrons. The van der Waals surface area contributed by atoms with Crippen LogP contribution in [0.2, 0.25) is 0 Å². The number of nitriles is 1. The fourth-order valence-electron chi connectivity index (χ4n) is 0.960. The monoisotopic (exact) mass is 268 g/mol. The summed E-state index contributed by atoms with van der Waals surface area (Å²) in [5, 5.41) is 11.1. The van der Waals surface area contributed by atoms with E-state index in [0.717, 1.165) is 0 Å². The Morgan fingerprint density at radius 2 is 2.53 bits per heavy atom. The fourth-order valence-corrected chi connectivity index (χ4v) is 1.36.